The van der Waals surface area contributed by atoms with Gasteiger partial charge >= 0.3 is 0 Å². The number of nitrogens with two attached hydrogens (primary N) is 1. The average Bonchev–Trinajstić information content (AvgIpc) is 3.23. The maximum absolute atomic E-state index is 13.5. The molecule has 0 radical (unpaired) electrons. The van der Waals surface area contributed by atoms with Gasteiger partial charge in [-0.25, -0.2) is 0 Å². The lowest BCUT2D eigenvalue weighted by Crippen LogP contribution is -2.28. The van der Waals surface area contributed by atoms with Crippen LogP contribution in [0, 0.1) is 0 Å². The Morgan fingerprint density at radius 1 is 0.886 bits per heavy atom. The second kappa shape index (κ2) is 13.9. The van der Waals surface area contributed by atoms with Crippen LogP contribution in [-0.2, 0) is 6.42 Å². The van der Waals surface area contributed by atoms with Gasteiger partial charge in [-0.1, -0.05) is 40.0 Å². The zero-order valence-electron chi connectivity index (χ0n) is 21.9. The molecular formula is C30H43N3O2. The number of rotatable bonds is 16. The van der Waals surface area contributed by atoms with E-state index in [0.29, 0.717) is 17.9 Å². The van der Waals surface area contributed by atoms with Crippen LogP contribution in [0.15, 0.2) is 42.5 Å². The lowest BCUT2D eigenvalue weighted by molar-refractivity contribution is 0.103. The summed E-state index contributed by atoms with van der Waals surface area (Å²) in [6.45, 7) is 10.8. The van der Waals surface area contributed by atoms with Gasteiger partial charge in [0.1, 0.15) is 5.75 Å². The molecule has 35 heavy (non-hydrogen) atoms. The number of benzene rings is 2. The van der Waals surface area contributed by atoms with Gasteiger partial charge in [-0.05, 0) is 87.7 Å². The number of fused-ring (bicyclic) bond motifs is 1. The van der Waals surface area contributed by atoms with Gasteiger partial charge in [-0.3, -0.25) is 4.79 Å². The van der Waals surface area contributed by atoms with E-state index in [1.54, 1.807) is 0 Å². The summed E-state index contributed by atoms with van der Waals surface area (Å²) in [6, 6.07) is 13.3. The number of aryl methyl sites for hydroxylation is 1. The fourth-order valence-corrected chi connectivity index (χ4v) is 4.49. The van der Waals surface area contributed by atoms with Crippen LogP contribution < -0.4 is 10.5 Å². The average molecular weight is 478 g/mol. The lowest BCUT2D eigenvalue weighted by Gasteiger charge is -2.21. The predicted octanol–water partition coefficient (Wildman–Crippen LogP) is 6.99. The van der Waals surface area contributed by atoms with Crippen LogP contribution in [0.1, 0.15) is 87.3 Å². The highest BCUT2D eigenvalue weighted by molar-refractivity contribution is 6.17. The standard InChI is InChI=1S/C30H43N3O2/c1-4-7-11-28-29(26-22-24(31)14-17-27(26)32-28)30(34)23-12-15-25(16-13-23)35-21-10-20-33(18-8-5-2)19-9-6-3/h12-17,22,32H,4-11,18-21,31H2,1-3H3. The number of nitrogens with zero attached hydrogens (tertiary/aromatic N) is 1. The minimum Gasteiger partial charge on any atom is -0.494 e. The molecule has 1 heterocycles. The monoisotopic (exact) mass is 477 g/mol. The fraction of sp³-hybridized carbons (Fsp3) is 0.500. The molecule has 5 nitrogen and oxygen atoms in total. The topological polar surface area (TPSA) is 71.3 Å². The van der Waals surface area contributed by atoms with Crippen LogP contribution in [-0.4, -0.2) is 41.9 Å². The molecule has 3 N–H and O–H groups in total. The van der Waals surface area contributed by atoms with Crippen molar-refractivity contribution in [1.29, 1.82) is 0 Å². The second-order valence-electron chi connectivity index (χ2n) is 9.49. The maximum Gasteiger partial charge on any atom is 0.195 e. The summed E-state index contributed by atoms with van der Waals surface area (Å²) < 4.78 is 5.99. The van der Waals surface area contributed by atoms with Crippen molar-refractivity contribution in [3.8, 4) is 5.75 Å². The molecule has 0 spiro atoms. The first kappa shape index (κ1) is 26.8. The van der Waals surface area contributed by atoms with E-state index in [0.717, 1.165) is 60.1 Å². The van der Waals surface area contributed by atoms with Gasteiger partial charge in [-0.15, -0.1) is 0 Å². The highest BCUT2D eigenvalue weighted by atomic mass is 16.5. The highest BCUT2D eigenvalue weighted by Crippen LogP contribution is 2.28. The van der Waals surface area contributed by atoms with Crippen LogP contribution in [0.5, 0.6) is 5.75 Å². The maximum atomic E-state index is 13.5. The third-order valence-corrected chi connectivity index (χ3v) is 6.57. The Labute approximate surface area is 211 Å². The van der Waals surface area contributed by atoms with Crippen LogP contribution in [0.4, 0.5) is 5.69 Å². The molecule has 0 aliphatic carbocycles. The first-order chi connectivity index (χ1) is 17.1. The van der Waals surface area contributed by atoms with Gasteiger partial charge in [0, 0.05) is 34.4 Å². The van der Waals surface area contributed by atoms with E-state index >= 15 is 0 Å². The molecular weight excluding hydrogens is 434 g/mol. The molecule has 5 heteroatoms. The van der Waals surface area contributed by atoms with E-state index in [-0.39, 0.29) is 5.78 Å². The van der Waals surface area contributed by atoms with Crippen molar-refractivity contribution in [3.63, 3.8) is 0 Å². The van der Waals surface area contributed by atoms with Crippen molar-refractivity contribution in [3.05, 3.63) is 59.3 Å². The Morgan fingerprint density at radius 3 is 2.20 bits per heavy atom. The summed E-state index contributed by atoms with van der Waals surface area (Å²) in [7, 11) is 0. The molecule has 0 aliphatic rings. The highest BCUT2D eigenvalue weighted by Gasteiger charge is 2.20. The summed E-state index contributed by atoms with van der Waals surface area (Å²) >= 11 is 0. The molecule has 0 saturated carbocycles. The quantitative estimate of drug-likeness (QED) is 0.132. The van der Waals surface area contributed by atoms with Gasteiger partial charge in [-0.2, -0.15) is 0 Å². The number of ether oxygens (including phenoxy) is 1. The normalized spacial score (nSPS) is 11.4. The second-order valence-corrected chi connectivity index (χ2v) is 9.49. The molecule has 0 amide bonds. The van der Waals surface area contributed by atoms with E-state index < -0.39 is 0 Å². The van der Waals surface area contributed by atoms with Crippen LogP contribution in [0.2, 0.25) is 0 Å². The number of hydrogen-bond acceptors (Lipinski definition) is 4. The summed E-state index contributed by atoms with van der Waals surface area (Å²) in [5.74, 6) is 0.839. The van der Waals surface area contributed by atoms with Gasteiger partial charge in [0.15, 0.2) is 5.78 Å². The first-order valence-corrected chi connectivity index (χ1v) is 13.5. The molecule has 1 aromatic heterocycles. The van der Waals surface area contributed by atoms with E-state index in [2.05, 4.69) is 30.7 Å². The number of nitrogen functional groups attached to an aromatic ring is 1. The van der Waals surface area contributed by atoms with E-state index in [9.17, 15) is 4.79 Å². The molecule has 0 bridgehead atoms. The molecule has 0 fully saturated rings. The van der Waals surface area contributed by atoms with Gasteiger partial charge < -0.3 is 20.4 Å². The number of ketones is 1. The molecule has 0 atom stereocenters. The van der Waals surface area contributed by atoms with Crippen molar-refractivity contribution in [1.82, 2.24) is 9.88 Å². The molecule has 0 saturated heterocycles. The molecule has 2 aromatic carbocycles. The lowest BCUT2D eigenvalue weighted by atomic mass is 9.98. The Bertz CT molecular complexity index is 1050. The molecule has 0 unspecified atom stereocenters. The minimum atomic E-state index is 0.0296. The fourth-order valence-electron chi connectivity index (χ4n) is 4.49. The number of carbonyl (C=O) groups excluding carboxylic acids is 1. The largest absolute Gasteiger partial charge is 0.494 e. The molecule has 3 rings (SSSR count). The van der Waals surface area contributed by atoms with Gasteiger partial charge in [0.2, 0.25) is 0 Å². The third-order valence-electron chi connectivity index (χ3n) is 6.57. The van der Waals surface area contributed by atoms with Crippen molar-refractivity contribution >= 4 is 22.4 Å². The Kier molecular flexibility index (Phi) is 10.7. The molecule has 0 aliphatic heterocycles. The predicted molar refractivity (Wildman–Crippen MR) is 148 cm³/mol. The van der Waals surface area contributed by atoms with Crippen LogP contribution in [0.25, 0.3) is 10.9 Å². The van der Waals surface area contributed by atoms with Crippen molar-refractivity contribution in [2.24, 2.45) is 0 Å². The molecule has 190 valence electrons. The summed E-state index contributed by atoms with van der Waals surface area (Å²) in [5, 5.41) is 0.900. The number of unbranched alkanes of at least 4 members (excludes halogenated alkanes) is 3. The van der Waals surface area contributed by atoms with Crippen LogP contribution >= 0.6 is 0 Å². The van der Waals surface area contributed by atoms with Crippen molar-refractivity contribution in [2.45, 2.75) is 72.1 Å². The summed E-state index contributed by atoms with van der Waals surface area (Å²) in [5.41, 5.74) is 10.1. The summed E-state index contributed by atoms with van der Waals surface area (Å²) in [6.07, 6.45) is 8.93. The SMILES string of the molecule is CCCCc1[nH]c2ccc(N)cc2c1C(=O)c1ccc(OCCCN(CCCC)CCCC)cc1. The number of H-pyrrole nitrogens is 1. The number of nitrogens with one attached hydrogen (secondary N) is 1. The summed E-state index contributed by atoms with van der Waals surface area (Å²) in [4.78, 5) is 19.5. The van der Waals surface area contributed by atoms with Gasteiger partial charge in [0.05, 0.1) is 12.2 Å². The first-order valence-electron chi connectivity index (χ1n) is 13.5. The van der Waals surface area contributed by atoms with Crippen molar-refractivity contribution in [2.75, 3.05) is 32.0 Å². The van der Waals surface area contributed by atoms with Gasteiger partial charge in [0.25, 0.3) is 0 Å². The number of carbonyl (C=O) groups is 1. The smallest absolute Gasteiger partial charge is 0.195 e. The Morgan fingerprint density at radius 2 is 1.54 bits per heavy atom. The minimum absolute atomic E-state index is 0.0296. The Hall–Kier alpha value is -2.79. The van der Waals surface area contributed by atoms with E-state index in [4.69, 9.17) is 10.5 Å². The zero-order valence-corrected chi connectivity index (χ0v) is 21.9. The van der Waals surface area contributed by atoms with E-state index in [1.807, 2.05) is 42.5 Å². The number of aromatic nitrogens is 1. The Balaban J connectivity index is 1.63. The number of anilines is 1. The third kappa shape index (κ3) is 7.60. The van der Waals surface area contributed by atoms with Crippen LogP contribution in [0.3, 0.4) is 0 Å². The molecule has 3 aromatic rings. The van der Waals surface area contributed by atoms with E-state index in [1.165, 1.54) is 38.8 Å². The number of hydrogen-bond donors (Lipinski definition) is 2. The van der Waals surface area contributed by atoms with Crippen molar-refractivity contribution < 1.29 is 9.53 Å². The zero-order chi connectivity index (χ0) is 25.0. The number of aromatic amines is 1.